The Morgan fingerprint density at radius 2 is 1.88 bits per heavy atom. The average molecular weight is 494 g/mol. The van der Waals surface area contributed by atoms with Crippen molar-refractivity contribution in [3.8, 4) is 5.75 Å². The quantitative estimate of drug-likeness (QED) is 0.618. The van der Waals surface area contributed by atoms with Crippen LogP contribution in [0.15, 0.2) is 36.4 Å². The summed E-state index contributed by atoms with van der Waals surface area (Å²) in [7, 11) is 5.91. The van der Waals surface area contributed by atoms with Crippen molar-refractivity contribution in [3.63, 3.8) is 0 Å². The Balaban J connectivity index is 1.88. The minimum atomic E-state index is -0.288. The molecule has 1 aliphatic heterocycles. The number of carbonyl (C=O) groups excluding carboxylic acids is 1. The van der Waals surface area contributed by atoms with E-state index < -0.39 is 0 Å². The van der Waals surface area contributed by atoms with E-state index in [2.05, 4.69) is 11.8 Å². The van der Waals surface area contributed by atoms with Gasteiger partial charge in [-0.15, -0.1) is 0 Å². The van der Waals surface area contributed by atoms with Crippen molar-refractivity contribution in [2.45, 2.75) is 32.5 Å². The summed E-state index contributed by atoms with van der Waals surface area (Å²) in [4.78, 5) is 19.3. The average Bonchev–Trinajstić information content (AvgIpc) is 2.77. The first-order chi connectivity index (χ1) is 15.6. The first-order valence-electron chi connectivity index (χ1n) is 11.1. The van der Waals surface area contributed by atoms with Gasteiger partial charge in [-0.2, -0.15) is 0 Å². The highest BCUT2D eigenvalue weighted by atomic mass is 35.5. The maximum atomic E-state index is 13.4. The maximum Gasteiger partial charge on any atom is 0.258 e. The van der Waals surface area contributed by atoms with Gasteiger partial charge in [0.15, 0.2) is 0 Å². The molecule has 0 unspecified atom stereocenters. The molecule has 33 heavy (non-hydrogen) atoms. The van der Waals surface area contributed by atoms with Gasteiger partial charge in [0.2, 0.25) is 0 Å². The van der Waals surface area contributed by atoms with Gasteiger partial charge in [0, 0.05) is 45.3 Å². The third-order valence-corrected chi connectivity index (χ3v) is 6.83. The Morgan fingerprint density at radius 1 is 1.15 bits per heavy atom. The highest BCUT2D eigenvalue weighted by Gasteiger charge is 2.33. The number of benzene rings is 2. The smallest absolute Gasteiger partial charge is 0.258 e. The van der Waals surface area contributed by atoms with Crippen LogP contribution in [0.4, 0.5) is 5.69 Å². The van der Waals surface area contributed by atoms with Crippen LogP contribution in [-0.2, 0) is 6.54 Å². The number of hydrogen-bond acceptors (Lipinski definition) is 5. The molecular weight excluding hydrogens is 461 g/mol. The summed E-state index contributed by atoms with van der Waals surface area (Å²) in [5.74, 6) is 0.505. The number of hydrogen-bond donors (Lipinski definition) is 1. The van der Waals surface area contributed by atoms with E-state index in [4.69, 9.17) is 27.9 Å². The van der Waals surface area contributed by atoms with Crippen LogP contribution in [0.25, 0.3) is 0 Å². The molecule has 1 aliphatic rings. The molecule has 0 spiro atoms. The minimum absolute atomic E-state index is 0.0564. The van der Waals surface area contributed by atoms with Crippen molar-refractivity contribution in [3.05, 3.63) is 57.6 Å². The molecule has 1 N–H and O–H groups in total. The van der Waals surface area contributed by atoms with Gasteiger partial charge in [-0.25, -0.2) is 0 Å². The van der Waals surface area contributed by atoms with E-state index in [0.717, 1.165) is 11.3 Å². The number of aliphatic hydroxyl groups excluding tert-OH is 1. The lowest BCUT2D eigenvalue weighted by atomic mass is 9.99. The summed E-state index contributed by atoms with van der Waals surface area (Å²) < 4.78 is 6.45. The molecule has 0 radical (unpaired) electrons. The summed E-state index contributed by atoms with van der Waals surface area (Å²) >= 11 is 12.2. The van der Waals surface area contributed by atoms with Gasteiger partial charge in [-0.1, -0.05) is 36.2 Å². The molecule has 6 nitrogen and oxygen atoms in total. The number of anilines is 1. The second-order valence-electron chi connectivity index (χ2n) is 9.14. The van der Waals surface area contributed by atoms with E-state index in [0.29, 0.717) is 41.0 Å². The number of likely N-dealkylation sites (N-methyl/N-ethyl adjacent to an activating group) is 1. The van der Waals surface area contributed by atoms with Gasteiger partial charge in [-0.05, 0) is 49.9 Å². The molecule has 3 atom stereocenters. The Morgan fingerprint density at radius 3 is 2.52 bits per heavy atom. The van der Waals surface area contributed by atoms with E-state index in [1.54, 1.807) is 11.0 Å². The van der Waals surface area contributed by atoms with E-state index in [-0.39, 0.29) is 30.6 Å². The Hall–Kier alpha value is -1.99. The third-order valence-electron chi connectivity index (χ3n) is 6.09. The van der Waals surface area contributed by atoms with Gasteiger partial charge in [0.25, 0.3) is 5.91 Å². The molecule has 0 aliphatic carbocycles. The summed E-state index contributed by atoms with van der Waals surface area (Å²) in [5.41, 5.74) is 2.50. The molecule has 2 aromatic carbocycles. The highest BCUT2D eigenvalue weighted by molar-refractivity contribution is 6.42. The van der Waals surface area contributed by atoms with Crippen molar-refractivity contribution in [1.82, 2.24) is 9.80 Å². The fourth-order valence-electron chi connectivity index (χ4n) is 4.03. The number of amides is 1. The van der Waals surface area contributed by atoms with Crippen molar-refractivity contribution >= 4 is 34.8 Å². The van der Waals surface area contributed by atoms with E-state index in [9.17, 15) is 9.90 Å². The van der Waals surface area contributed by atoms with Crippen LogP contribution in [0, 0.1) is 5.92 Å². The second-order valence-corrected chi connectivity index (χ2v) is 9.96. The zero-order chi connectivity index (χ0) is 24.3. The SMILES string of the molecule is C[C@@H]1CN([C@H](C)CO)C(=O)c2cc(N(C)C)ccc2O[C@H]1CN(C)Cc1ccc(Cl)c(Cl)c1. The summed E-state index contributed by atoms with van der Waals surface area (Å²) in [6, 6.07) is 11.0. The Bertz CT molecular complexity index is 985. The Labute approximate surface area is 206 Å². The van der Waals surface area contributed by atoms with Crippen molar-refractivity contribution < 1.29 is 14.6 Å². The molecular formula is C25H33Cl2N3O3. The summed E-state index contributed by atoms with van der Waals surface area (Å²) in [6.07, 6.45) is -0.150. The fourth-order valence-corrected chi connectivity index (χ4v) is 4.35. The monoisotopic (exact) mass is 493 g/mol. The van der Waals surface area contributed by atoms with Crippen LogP contribution in [-0.4, -0.2) is 73.8 Å². The highest BCUT2D eigenvalue weighted by Crippen LogP contribution is 2.31. The first-order valence-corrected chi connectivity index (χ1v) is 11.9. The van der Waals surface area contributed by atoms with E-state index >= 15 is 0 Å². The number of nitrogens with zero attached hydrogens (tertiary/aromatic N) is 3. The molecule has 0 fully saturated rings. The van der Waals surface area contributed by atoms with Crippen LogP contribution < -0.4 is 9.64 Å². The zero-order valence-electron chi connectivity index (χ0n) is 19.9. The lowest BCUT2D eigenvalue weighted by molar-refractivity contribution is 0.0341. The normalized spacial score (nSPS) is 19.5. The van der Waals surface area contributed by atoms with Crippen LogP contribution in [0.5, 0.6) is 5.75 Å². The van der Waals surface area contributed by atoms with Crippen LogP contribution in [0.2, 0.25) is 10.0 Å². The lowest BCUT2D eigenvalue weighted by Crippen LogP contribution is -2.49. The molecule has 0 saturated heterocycles. The third kappa shape index (κ3) is 6.12. The molecule has 1 heterocycles. The number of aliphatic hydroxyl groups is 1. The van der Waals surface area contributed by atoms with Crippen LogP contribution >= 0.6 is 23.2 Å². The topological polar surface area (TPSA) is 56.3 Å². The standard InChI is InChI=1S/C25H33Cl2N3O3/c1-16-12-30(17(2)15-31)25(32)20-11-19(28(3)4)7-9-23(20)33-24(16)14-29(5)13-18-6-8-21(26)22(27)10-18/h6-11,16-17,24,31H,12-15H2,1-5H3/t16-,17-,24+/m1/s1. The number of ether oxygens (including phenoxy) is 1. The number of fused-ring (bicyclic) bond motifs is 1. The largest absolute Gasteiger partial charge is 0.488 e. The molecule has 0 aromatic heterocycles. The number of carbonyl (C=O) groups is 1. The van der Waals surface area contributed by atoms with Gasteiger partial charge in [0.1, 0.15) is 11.9 Å². The lowest BCUT2D eigenvalue weighted by Gasteiger charge is -2.38. The number of halogens is 2. The van der Waals surface area contributed by atoms with E-state index in [1.807, 2.05) is 63.3 Å². The Kier molecular flexibility index (Phi) is 8.51. The summed E-state index contributed by atoms with van der Waals surface area (Å²) in [5, 5.41) is 10.9. The molecule has 3 rings (SSSR count). The maximum absolute atomic E-state index is 13.4. The molecule has 2 aromatic rings. The van der Waals surface area contributed by atoms with Crippen LogP contribution in [0.3, 0.4) is 0 Å². The number of rotatable bonds is 7. The van der Waals surface area contributed by atoms with Gasteiger partial charge < -0.3 is 19.6 Å². The predicted octanol–water partition coefficient (Wildman–Crippen LogP) is 4.41. The predicted molar refractivity (Wildman–Crippen MR) is 135 cm³/mol. The molecule has 0 saturated carbocycles. The first kappa shape index (κ1) is 25.6. The molecule has 0 bridgehead atoms. The van der Waals surface area contributed by atoms with Gasteiger partial charge in [-0.3, -0.25) is 9.69 Å². The van der Waals surface area contributed by atoms with Crippen molar-refractivity contribution in [2.75, 3.05) is 45.7 Å². The summed E-state index contributed by atoms with van der Waals surface area (Å²) in [6.45, 7) is 5.70. The van der Waals surface area contributed by atoms with E-state index in [1.165, 1.54) is 0 Å². The fraction of sp³-hybridized carbons (Fsp3) is 0.480. The van der Waals surface area contributed by atoms with Crippen LogP contribution in [0.1, 0.15) is 29.8 Å². The zero-order valence-corrected chi connectivity index (χ0v) is 21.4. The van der Waals surface area contributed by atoms with Crippen molar-refractivity contribution in [2.24, 2.45) is 5.92 Å². The second kappa shape index (κ2) is 11.0. The van der Waals surface area contributed by atoms with Gasteiger partial charge in [0.05, 0.1) is 28.3 Å². The van der Waals surface area contributed by atoms with Crippen molar-refractivity contribution in [1.29, 1.82) is 0 Å². The minimum Gasteiger partial charge on any atom is -0.488 e. The van der Waals surface area contributed by atoms with Gasteiger partial charge >= 0.3 is 0 Å². The molecule has 180 valence electrons. The molecule has 8 heteroatoms. The molecule has 1 amide bonds.